The minimum atomic E-state index is -0.953. The van der Waals surface area contributed by atoms with E-state index in [0.717, 1.165) is 41.4 Å². The molecule has 0 fully saturated rings. The topological polar surface area (TPSA) is 101 Å². The Bertz CT molecular complexity index is 1010. The van der Waals surface area contributed by atoms with E-state index in [1.165, 1.54) is 16.8 Å². The van der Waals surface area contributed by atoms with Crippen molar-refractivity contribution in [1.29, 1.82) is 0 Å². The number of β-amino-alcohol motifs (C(OH)–C–C–N with tert-alkyl or cyclic N) is 1. The monoisotopic (exact) mass is 412 g/mol. The molecule has 162 valence electrons. The van der Waals surface area contributed by atoms with Crippen LogP contribution in [0.2, 0.25) is 0 Å². The average Bonchev–Trinajstić information content (AvgIpc) is 3.36. The van der Waals surface area contributed by atoms with Crippen LogP contribution in [0.3, 0.4) is 0 Å². The summed E-state index contributed by atoms with van der Waals surface area (Å²) in [5.41, 5.74) is 12.5. The van der Waals surface area contributed by atoms with Crippen LogP contribution in [0, 0.1) is 0 Å². The lowest BCUT2D eigenvalue weighted by molar-refractivity contribution is -0.122. The minimum Gasteiger partial charge on any atom is -0.394 e. The highest BCUT2D eigenvalue weighted by Crippen LogP contribution is 2.46. The highest BCUT2D eigenvalue weighted by molar-refractivity contribution is 6.10. The maximum Gasteiger partial charge on any atom is 0.237 e. The van der Waals surface area contributed by atoms with Gasteiger partial charge in [-0.25, -0.2) is 5.43 Å². The van der Waals surface area contributed by atoms with Gasteiger partial charge in [-0.3, -0.25) is 4.79 Å². The Hall–Kier alpha value is -2.35. The molecule has 0 saturated carbocycles. The van der Waals surface area contributed by atoms with Crippen molar-refractivity contribution in [3.63, 3.8) is 0 Å². The number of fused-ring (bicyclic) bond motifs is 6. The zero-order valence-electron chi connectivity index (χ0n) is 18.2. The van der Waals surface area contributed by atoms with Gasteiger partial charge in [0, 0.05) is 28.5 Å². The number of hydrogen-bond acceptors (Lipinski definition) is 5. The fourth-order valence-corrected chi connectivity index (χ4v) is 4.90. The van der Waals surface area contributed by atoms with Gasteiger partial charge >= 0.3 is 0 Å². The van der Waals surface area contributed by atoms with Crippen molar-refractivity contribution in [2.45, 2.75) is 64.5 Å². The average molecular weight is 413 g/mol. The number of H-pyrrole nitrogens is 1. The summed E-state index contributed by atoms with van der Waals surface area (Å²) in [5.74, 6) is -0.0411. The molecule has 0 bridgehead atoms. The fourth-order valence-electron chi connectivity index (χ4n) is 4.90. The van der Waals surface area contributed by atoms with Crippen molar-refractivity contribution in [3.05, 3.63) is 40.7 Å². The van der Waals surface area contributed by atoms with Gasteiger partial charge in [0.1, 0.15) is 0 Å². The van der Waals surface area contributed by atoms with E-state index in [1.807, 2.05) is 27.7 Å². The third-order valence-corrected chi connectivity index (χ3v) is 6.44. The molecule has 1 aromatic carbocycles. The largest absolute Gasteiger partial charge is 0.394 e. The summed E-state index contributed by atoms with van der Waals surface area (Å²) in [6.07, 6.45) is 4.23. The zero-order chi connectivity index (χ0) is 21.6. The van der Waals surface area contributed by atoms with E-state index in [2.05, 4.69) is 34.2 Å². The van der Waals surface area contributed by atoms with Crippen LogP contribution in [-0.2, 0) is 16.6 Å². The first-order chi connectivity index (χ1) is 14.4. The molecular weight excluding hydrogens is 380 g/mol. The minimum absolute atomic E-state index is 0.0411. The number of anilines is 1. The van der Waals surface area contributed by atoms with Gasteiger partial charge in [0.15, 0.2) is 0 Å². The number of aryl methyl sites for hydroxylation is 1. The SMILES string of the molecule is CC.CC1(C)C(=O)N(CC(O)CO)c2cc3c4c([nH]c3cc21)C1NNC=C1CCC4. The van der Waals surface area contributed by atoms with Crippen molar-refractivity contribution in [3.8, 4) is 0 Å². The Balaban J connectivity index is 0.00000106. The number of aromatic nitrogens is 1. The van der Waals surface area contributed by atoms with E-state index < -0.39 is 11.5 Å². The molecule has 5 N–H and O–H groups in total. The molecule has 5 rings (SSSR count). The number of aliphatic hydroxyl groups is 2. The quantitative estimate of drug-likeness (QED) is 0.533. The molecule has 2 unspecified atom stereocenters. The molecule has 2 aliphatic heterocycles. The van der Waals surface area contributed by atoms with Crippen molar-refractivity contribution in [2.24, 2.45) is 0 Å². The first-order valence-corrected chi connectivity index (χ1v) is 10.9. The van der Waals surface area contributed by atoms with E-state index in [-0.39, 0.29) is 25.1 Å². The number of aromatic amines is 1. The number of hydrazine groups is 1. The predicted molar refractivity (Wildman–Crippen MR) is 118 cm³/mol. The van der Waals surface area contributed by atoms with Gasteiger partial charge in [0.2, 0.25) is 5.91 Å². The van der Waals surface area contributed by atoms with E-state index in [4.69, 9.17) is 0 Å². The maximum absolute atomic E-state index is 13.0. The van der Waals surface area contributed by atoms with Crippen LogP contribution in [0.4, 0.5) is 5.69 Å². The van der Waals surface area contributed by atoms with E-state index in [0.29, 0.717) is 0 Å². The van der Waals surface area contributed by atoms with Crippen LogP contribution in [0.15, 0.2) is 23.9 Å². The van der Waals surface area contributed by atoms with Gasteiger partial charge in [0.25, 0.3) is 0 Å². The lowest BCUT2D eigenvalue weighted by atomic mass is 9.85. The Morgan fingerprint density at radius 2 is 2.03 bits per heavy atom. The number of nitrogens with one attached hydrogen (secondary N) is 3. The molecule has 7 heteroatoms. The molecule has 3 aliphatic rings. The van der Waals surface area contributed by atoms with Crippen LogP contribution in [0.5, 0.6) is 0 Å². The molecule has 1 aromatic heterocycles. The summed E-state index contributed by atoms with van der Waals surface area (Å²) in [6, 6.07) is 4.34. The molecule has 3 heterocycles. The summed E-state index contributed by atoms with van der Waals surface area (Å²) < 4.78 is 0. The molecule has 1 amide bonds. The van der Waals surface area contributed by atoms with E-state index >= 15 is 0 Å². The van der Waals surface area contributed by atoms with Gasteiger partial charge < -0.3 is 25.5 Å². The van der Waals surface area contributed by atoms with E-state index in [9.17, 15) is 15.0 Å². The number of hydrogen-bond donors (Lipinski definition) is 5. The van der Waals surface area contributed by atoms with E-state index in [1.54, 1.807) is 4.90 Å². The van der Waals surface area contributed by atoms with Crippen LogP contribution in [0.1, 0.15) is 63.4 Å². The zero-order valence-corrected chi connectivity index (χ0v) is 18.2. The molecule has 0 radical (unpaired) electrons. The first-order valence-electron chi connectivity index (χ1n) is 10.9. The molecule has 2 atom stereocenters. The summed E-state index contributed by atoms with van der Waals surface area (Å²) >= 11 is 0. The Morgan fingerprint density at radius 3 is 2.77 bits per heavy atom. The molecule has 1 aliphatic carbocycles. The summed E-state index contributed by atoms with van der Waals surface area (Å²) in [7, 11) is 0. The number of nitrogens with zero attached hydrogens (tertiary/aromatic N) is 1. The standard InChI is InChI=1S/C21H26N4O3.C2H6/c1-21(2)15-7-16-14(6-17(15)25(20(21)28)9-12(27)10-26)13-5-3-4-11-8-22-24-18(11)19(13)23-16;1-2/h6-8,12,18,22-24,26-27H,3-5,9-10H2,1-2H3;1-2H3. The second-order valence-corrected chi connectivity index (χ2v) is 8.60. The number of benzene rings is 1. The summed E-state index contributed by atoms with van der Waals surface area (Å²) in [6.45, 7) is 7.58. The highest BCUT2D eigenvalue weighted by Gasteiger charge is 2.45. The number of rotatable bonds is 3. The predicted octanol–water partition coefficient (Wildman–Crippen LogP) is 2.54. The molecule has 0 saturated heterocycles. The smallest absolute Gasteiger partial charge is 0.237 e. The van der Waals surface area contributed by atoms with Gasteiger partial charge in [-0.05, 0) is 61.9 Å². The van der Waals surface area contributed by atoms with Crippen molar-refractivity contribution in [2.75, 3.05) is 18.1 Å². The summed E-state index contributed by atoms with van der Waals surface area (Å²) in [5, 5.41) is 20.4. The van der Waals surface area contributed by atoms with Crippen LogP contribution < -0.4 is 15.8 Å². The van der Waals surface area contributed by atoms with Crippen LogP contribution >= 0.6 is 0 Å². The Labute approximate surface area is 177 Å². The number of amides is 1. The fraction of sp³-hybridized carbons (Fsp3) is 0.522. The van der Waals surface area contributed by atoms with Gasteiger partial charge in [-0.2, -0.15) is 0 Å². The summed E-state index contributed by atoms with van der Waals surface area (Å²) in [4.78, 5) is 18.3. The molecule has 7 nitrogen and oxygen atoms in total. The first kappa shape index (κ1) is 20.9. The number of carbonyl (C=O) groups is 1. The van der Waals surface area contributed by atoms with Crippen LogP contribution in [-0.4, -0.2) is 40.4 Å². The second-order valence-electron chi connectivity index (χ2n) is 8.60. The molecule has 2 aromatic rings. The number of aliphatic hydroxyl groups excluding tert-OH is 2. The van der Waals surface area contributed by atoms with Gasteiger partial charge in [-0.1, -0.05) is 13.8 Å². The third kappa shape index (κ3) is 3.04. The Morgan fingerprint density at radius 1 is 1.27 bits per heavy atom. The maximum atomic E-state index is 13.0. The van der Waals surface area contributed by atoms with Gasteiger partial charge in [0.05, 0.1) is 30.7 Å². The van der Waals surface area contributed by atoms with Crippen LogP contribution in [0.25, 0.3) is 10.9 Å². The third-order valence-electron chi connectivity index (χ3n) is 6.44. The molecule has 30 heavy (non-hydrogen) atoms. The molecular formula is C23H32N4O3. The molecule has 0 spiro atoms. The Kier molecular flexibility index (Phi) is 5.38. The van der Waals surface area contributed by atoms with Crippen molar-refractivity contribution < 1.29 is 15.0 Å². The lowest BCUT2D eigenvalue weighted by Crippen LogP contribution is -2.41. The van der Waals surface area contributed by atoms with Crippen molar-refractivity contribution in [1.82, 2.24) is 15.8 Å². The lowest BCUT2D eigenvalue weighted by Gasteiger charge is -2.22. The highest BCUT2D eigenvalue weighted by atomic mass is 16.3. The van der Waals surface area contributed by atoms with Gasteiger partial charge in [-0.15, -0.1) is 0 Å². The number of carbonyl (C=O) groups excluding carboxylic acids is 1. The second kappa shape index (κ2) is 7.72. The van der Waals surface area contributed by atoms with Crippen molar-refractivity contribution >= 4 is 22.5 Å². The normalized spacial score (nSPS) is 22.3.